The normalized spacial score (nSPS) is 12.8. The number of nitrogens with one attached hydrogen (secondary N) is 2. The van der Waals surface area contributed by atoms with E-state index in [2.05, 4.69) is 10.0 Å². The van der Waals surface area contributed by atoms with Crippen molar-refractivity contribution in [3.63, 3.8) is 0 Å². The van der Waals surface area contributed by atoms with Crippen molar-refractivity contribution in [1.82, 2.24) is 10.0 Å². The zero-order valence-electron chi connectivity index (χ0n) is 13.8. The van der Waals surface area contributed by atoms with E-state index in [-0.39, 0.29) is 16.0 Å². The van der Waals surface area contributed by atoms with Gasteiger partial charge in [0.05, 0.1) is 6.54 Å². The molecule has 0 aliphatic rings. The van der Waals surface area contributed by atoms with Crippen LogP contribution in [-0.4, -0.2) is 20.9 Å². The fraction of sp³-hybridized carbons (Fsp3) is 0.353. The van der Waals surface area contributed by atoms with E-state index in [9.17, 15) is 13.2 Å². The number of carbonyl (C=O) groups excluding carboxylic acids is 1. The van der Waals surface area contributed by atoms with Crippen molar-refractivity contribution >= 4 is 27.3 Å². The van der Waals surface area contributed by atoms with Crippen LogP contribution in [0, 0.1) is 0 Å². The van der Waals surface area contributed by atoms with E-state index < -0.39 is 10.0 Å². The highest BCUT2D eigenvalue weighted by atomic mass is 32.2. The van der Waals surface area contributed by atoms with Gasteiger partial charge in [0, 0.05) is 18.3 Å². The van der Waals surface area contributed by atoms with Crippen LogP contribution in [0.25, 0.3) is 0 Å². The Morgan fingerprint density at radius 3 is 2.50 bits per heavy atom. The molecule has 5 nitrogen and oxygen atoms in total. The van der Waals surface area contributed by atoms with Crippen molar-refractivity contribution in [3.05, 3.63) is 52.9 Å². The molecule has 1 aromatic carbocycles. The van der Waals surface area contributed by atoms with Gasteiger partial charge in [0.15, 0.2) is 0 Å². The number of carbonyl (C=O) groups is 1. The Balaban J connectivity index is 2.01. The summed E-state index contributed by atoms with van der Waals surface area (Å²) in [6.07, 6.45) is 0.852. The topological polar surface area (TPSA) is 75.3 Å². The molecule has 24 heavy (non-hydrogen) atoms. The number of benzene rings is 1. The first-order valence-corrected chi connectivity index (χ1v) is 10.1. The van der Waals surface area contributed by atoms with Crippen molar-refractivity contribution < 1.29 is 13.2 Å². The molecule has 2 aromatic rings. The molecule has 1 heterocycles. The molecule has 0 spiro atoms. The summed E-state index contributed by atoms with van der Waals surface area (Å²) in [6, 6.07) is 13.2. The number of hydrogen-bond acceptors (Lipinski definition) is 4. The maximum Gasteiger partial charge on any atom is 0.250 e. The molecular weight excluding hydrogens is 344 g/mol. The van der Waals surface area contributed by atoms with Gasteiger partial charge in [0.1, 0.15) is 4.21 Å². The van der Waals surface area contributed by atoms with Crippen LogP contribution in [0.1, 0.15) is 36.6 Å². The first kappa shape index (κ1) is 18.6. The van der Waals surface area contributed by atoms with Gasteiger partial charge in [-0.25, -0.2) is 13.1 Å². The molecule has 0 saturated heterocycles. The molecule has 0 bridgehead atoms. The van der Waals surface area contributed by atoms with E-state index in [0.29, 0.717) is 13.1 Å². The first-order chi connectivity index (χ1) is 11.4. The van der Waals surface area contributed by atoms with Crippen molar-refractivity contribution in [3.8, 4) is 0 Å². The number of rotatable bonds is 8. The van der Waals surface area contributed by atoms with E-state index >= 15 is 0 Å². The van der Waals surface area contributed by atoms with Gasteiger partial charge in [-0.05, 0) is 30.0 Å². The molecule has 2 rings (SSSR count). The van der Waals surface area contributed by atoms with Gasteiger partial charge in [-0.1, -0.05) is 37.3 Å². The fourth-order valence-electron chi connectivity index (χ4n) is 2.31. The van der Waals surface area contributed by atoms with Crippen LogP contribution in [0.2, 0.25) is 0 Å². The summed E-state index contributed by atoms with van der Waals surface area (Å²) in [6.45, 7) is 4.18. The summed E-state index contributed by atoms with van der Waals surface area (Å²) in [5.74, 6) is -0.000585. The number of thiophene rings is 1. The van der Waals surface area contributed by atoms with Gasteiger partial charge in [-0.15, -0.1) is 11.3 Å². The second kappa shape index (κ2) is 8.41. The smallest absolute Gasteiger partial charge is 0.250 e. The molecule has 1 atom stereocenters. The molecular formula is C17H22N2O3S2. The Morgan fingerprint density at radius 2 is 1.88 bits per heavy atom. The monoisotopic (exact) mass is 366 g/mol. The van der Waals surface area contributed by atoms with Crippen LogP contribution in [0.3, 0.4) is 0 Å². The van der Waals surface area contributed by atoms with Gasteiger partial charge in [0.2, 0.25) is 15.9 Å². The number of hydrogen-bond donors (Lipinski definition) is 2. The quantitative estimate of drug-likeness (QED) is 0.754. The average Bonchev–Trinajstić information content (AvgIpc) is 3.04. The summed E-state index contributed by atoms with van der Waals surface area (Å²) >= 11 is 1.17. The lowest BCUT2D eigenvalue weighted by Crippen LogP contribution is -2.27. The molecule has 0 aliphatic carbocycles. The third-order valence-electron chi connectivity index (χ3n) is 3.70. The Labute approximate surface area is 147 Å². The molecule has 1 aromatic heterocycles. The molecule has 7 heteroatoms. The van der Waals surface area contributed by atoms with E-state index in [4.69, 9.17) is 0 Å². The highest BCUT2D eigenvalue weighted by molar-refractivity contribution is 7.91. The molecule has 0 fully saturated rings. The molecule has 2 N–H and O–H groups in total. The Hall–Kier alpha value is -1.70. The third kappa shape index (κ3) is 5.15. The lowest BCUT2D eigenvalue weighted by atomic mass is 9.97. The van der Waals surface area contributed by atoms with E-state index in [1.54, 1.807) is 12.1 Å². The minimum atomic E-state index is -3.54. The van der Waals surface area contributed by atoms with E-state index in [0.717, 1.165) is 16.9 Å². The largest absolute Gasteiger partial charge is 0.351 e. The second-order valence-corrected chi connectivity index (χ2v) is 8.66. The predicted molar refractivity (Wildman–Crippen MR) is 96.5 cm³/mol. The summed E-state index contributed by atoms with van der Waals surface area (Å²) in [5, 5.41) is 2.66. The first-order valence-electron chi connectivity index (χ1n) is 7.80. The fourth-order valence-corrected chi connectivity index (χ4v) is 4.74. The van der Waals surface area contributed by atoms with E-state index in [1.165, 1.54) is 18.3 Å². The summed E-state index contributed by atoms with van der Waals surface area (Å²) in [5.41, 5.74) is 1.13. The van der Waals surface area contributed by atoms with Crippen molar-refractivity contribution in [2.75, 3.05) is 6.54 Å². The van der Waals surface area contributed by atoms with Crippen LogP contribution in [0.5, 0.6) is 0 Å². The van der Waals surface area contributed by atoms with Crippen LogP contribution < -0.4 is 10.0 Å². The standard InChI is InChI=1S/C17H22N2O3S2/c1-3-14(15-7-5-4-6-8-15)11-19-24(21,22)17-10-9-16(23-17)12-18-13(2)20/h4-10,14,19H,3,11-12H2,1-2H3,(H,18,20). The van der Waals surface area contributed by atoms with Gasteiger partial charge >= 0.3 is 0 Å². The average molecular weight is 367 g/mol. The summed E-state index contributed by atoms with van der Waals surface area (Å²) in [4.78, 5) is 11.7. The highest BCUT2D eigenvalue weighted by Crippen LogP contribution is 2.23. The van der Waals surface area contributed by atoms with Crippen LogP contribution in [0.15, 0.2) is 46.7 Å². The van der Waals surface area contributed by atoms with Gasteiger partial charge in [-0.3, -0.25) is 4.79 Å². The van der Waals surface area contributed by atoms with Gasteiger partial charge in [-0.2, -0.15) is 0 Å². The van der Waals surface area contributed by atoms with Crippen LogP contribution in [0.4, 0.5) is 0 Å². The molecule has 0 radical (unpaired) electrons. The molecule has 0 saturated carbocycles. The maximum atomic E-state index is 12.4. The lowest BCUT2D eigenvalue weighted by molar-refractivity contribution is -0.119. The molecule has 1 unspecified atom stereocenters. The maximum absolute atomic E-state index is 12.4. The van der Waals surface area contributed by atoms with Gasteiger partial charge in [0.25, 0.3) is 0 Å². The third-order valence-corrected chi connectivity index (χ3v) is 6.70. The SMILES string of the molecule is CCC(CNS(=O)(=O)c1ccc(CNC(C)=O)s1)c1ccccc1. The lowest BCUT2D eigenvalue weighted by Gasteiger charge is -2.15. The Bertz CT molecular complexity index is 770. The highest BCUT2D eigenvalue weighted by Gasteiger charge is 2.19. The zero-order valence-corrected chi connectivity index (χ0v) is 15.4. The predicted octanol–water partition coefficient (Wildman–Crippen LogP) is 2.86. The second-order valence-electron chi connectivity index (χ2n) is 5.50. The zero-order chi connectivity index (χ0) is 17.6. The van der Waals surface area contributed by atoms with Crippen LogP contribution in [-0.2, 0) is 21.4 Å². The number of amides is 1. The summed E-state index contributed by atoms with van der Waals surface area (Å²) < 4.78 is 27.9. The molecule has 0 aliphatic heterocycles. The molecule has 130 valence electrons. The van der Waals surface area contributed by atoms with Crippen molar-refractivity contribution in [2.45, 2.75) is 36.9 Å². The van der Waals surface area contributed by atoms with E-state index in [1.807, 2.05) is 37.3 Å². The van der Waals surface area contributed by atoms with Crippen molar-refractivity contribution in [2.24, 2.45) is 0 Å². The minimum Gasteiger partial charge on any atom is -0.351 e. The van der Waals surface area contributed by atoms with Crippen LogP contribution >= 0.6 is 11.3 Å². The summed E-state index contributed by atoms with van der Waals surface area (Å²) in [7, 11) is -3.54. The van der Waals surface area contributed by atoms with Gasteiger partial charge < -0.3 is 5.32 Å². The number of sulfonamides is 1. The van der Waals surface area contributed by atoms with Crippen molar-refractivity contribution in [1.29, 1.82) is 0 Å². The minimum absolute atomic E-state index is 0.139. The Kier molecular flexibility index (Phi) is 6.53. The Morgan fingerprint density at radius 1 is 1.17 bits per heavy atom. The molecule has 1 amide bonds.